The first-order chi connectivity index (χ1) is 14.8. The van der Waals surface area contributed by atoms with Crippen molar-refractivity contribution in [3.63, 3.8) is 0 Å². The van der Waals surface area contributed by atoms with E-state index < -0.39 is 11.7 Å². The van der Waals surface area contributed by atoms with E-state index in [-0.39, 0.29) is 30.5 Å². The lowest BCUT2D eigenvalue weighted by Gasteiger charge is -2.10. The van der Waals surface area contributed by atoms with Crippen LogP contribution in [0.25, 0.3) is 22.6 Å². The fraction of sp³-hybridized carbons (Fsp3) is 0.200. The first kappa shape index (κ1) is 20.4. The number of carbonyl (C=O) groups is 1. The summed E-state index contributed by atoms with van der Waals surface area (Å²) in [5.74, 6) is 0.359. The molecule has 2 N–H and O–H groups in total. The Morgan fingerprint density at radius 3 is 2.71 bits per heavy atom. The van der Waals surface area contributed by atoms with E-state index in [1.165, 1.54) is 12.3 Å². The molecule has 0 saturated carbocycles. The summed E-state index contributed by atoms with van der Waals surface area (Å²) in [5, 5.41) is 9.97. The molecule has 4 aromatic heterocycles. The van der Waals surface area contributed by atoms with Gasteiger partial charge in [-0.3, -0.25) is 4.79 Å². The molecule has 0 unspecified atom stereocenters. The second-order valence-corrected chi connectivity index (χ2v) is 6.59. The zero-order valence-corrected chi connectivity index (χ0v) is 16.2. The normalized spacial score (nSPS) is 11.6. The van der Waals surface area contributed by atoms with Gasteiger partial charge in [0.05, 0.1) is 28.5 Å². The molecule has 31 heavy (non-hydrogen) atoms. The lowest BCUT2D eigenvalue weighted by atomic mass is 10.1. The van der Waals surface area contributed by atoms with Crippen LogP contribution < -0.4 is 10.6 Å². The van der Waals surface area contributed by atoms with Crippen molar-refractivity contribution in [2.24, 2.45) is 0 Å². The van der Waals surface area contributed by atoms with Gasteiger partial charge in [-0.25, -0.2) is 9.97 Å². The van der Waals surface area contributed by atoms with Crippen LogP contribution in [0.4, 0.5) is 19.0 Å². The van der Waals surface area contributed by atoms with Crippen molar-refractivity contribution >= 4 is 22.8 Å². The summed E-state index contributed by atoms with van der Waals surface area (Å²) in [4.78, 5) is 20.9. The average Bonchev–Trinajstić information content (AvgIpc) is 3.40. The van der Waals surface area contributed by atoms with Gasteiger partial charge < -0.3 is 19.6 Å². The molecule has 8 nitrogen and oxygen atoms in total. The number of aryl methyl sites for hydroxylation is 1. The van der Waals surface area contributed by atoms with Crippen LogP contribution in [-0.4, -0.2) is 34.1 Å². The summed E-state index contributed by atoms with van der Waals surface area (Å²) in [6.45, 7) is 2.16. The largest absolute Gasteiger partial charge is 0.463 e. The molecule has 160 valence electrons. The van der Waals surface area contributed by atoms with Crippen molar-refractivity contribution in [3.05, 3.63) is 59.6 Å². The Bertz CT molecular complexity index is 1200. The maximum atomic E-state index is 12.8. The minimum Gasteiger partial charge on any atom is -0.463 e. The second kappa shape index (κ2) is 8.09. The SMILES string of the molecule is Cc1noc2nc(-c3ccco3)cc(C(=O)NCCNc3ccc(C(F)(F)F)cn3)c12. The van der Waals surface area contributed by atoms with Crippen molar-refractivity contribution in [2.75, 3.05) is 18.4 Å². The fourth-order valence-corrected chi connectivity index (χ4v) is 2.95. The molecule has 0 radical (unpaired) electrons. The predicted octanol–water partition coefficient (Wildman–Crippen LogP) is 4.05. The number of nitrogens with one attached hydrogen (secondary N) is 2. The number of hydrogen-bond donors (Lipinski definition) is 2. The van der Waals surface area contributed by atoms with Gasteiger partial charge in [0.15, 0.2) is 5.76 Å². The van der Waals surface area contributed by atoms with Crippen LogP contribution in [0.2, 0.25) is 0 Å². The van der Waals surface area contributed by atoms with Gasteiger partial charge in [0.1, 0.15) is 11.5 Å². The van der Waals surface area contributed by atoms with E-state index in [0.29, 0.717) is 28.1 Å². The van der Waals surface area contributed by atoms with E-state index in [4.69, 9.17) is 8.94 Å². The Kier molecular flexibility index (Phi) is 5.32. The summed E-state index contributed by atoms with van der Waals surface area (Å²) < 4.78 is 48.3. The number of amides is 1. The van der Waals surface area contributed by atoms with Crippen LogP contribution in [-0.2, 0) is 6.18 Å². The third-order valence-electron chi connectivity index (χ3n) is 4.44. The van der Waals surface area contributed by atoms with E-state index in [1.807, 2.05) is 0 Å². The summed E-state index contributed by atoms with van der Waals surface area (Å²) in [6, 6.07) is 7.17. The molecule has 4 aromatic rings. The molecular weight excluding hydrogens is 415 g/mol. The van der Waals surface area contributed by atoms with Crippen LogP contribution in [0.1, 0.15) is 21.6 Å². The second-order valence-electron chi connectivity index (χ2n) is 6.59. The minimum atomic E-state index is -4.44. The Morgan fingerprint density at radius 2 is 2.03 bits per heavy atom. The van der Waals surface area contributed by atoms with Gasteiger partial charge >= 0.3 is 6.18 Å². The highest BCUT2D eigenvalue weighted by atomic mass is 19.4. The minimum absolute atomic E-state index is 0.200. The molecule has 0 spiro atoms. The number of carbonyl (C=O) groups excluding carboxylic acids is 1. The monoisotopic (exact) mass is 431 g/mol. The molecule has 0 aliphatic carbocycles. The van der Waals surface area contributed by atoms with Crippen LogP contribution in [0.15, 0.2) is 51.7 Å². The van der Waals surface area contributed by atoms with E-state index in [1.54, 1.807) is 25.1 Å². The number of nitrogens with zero attached hydrogens (tertiary/aromatic N) is 3. The van der Waals surface area contributed by atoms with Crippen molar-refractivity contribution in [3.8, 4) is 11.5 Å². The van der Waals surface area contributed by atoms with Crippen molar-refractivity contribution < 1.29 is 26.9 Å². The van der Waals surface area contributed by atoms with Gasteiger partial charge in [0, 0.05) is 19.3 Å². The van der Waals surface area contributed by atoms with Gasteiger partial charge in [0.2, 0.25) is 0 Å². The van der Waals surface area contributed by atoms with Gasteiger partial charge in [-0.15, -0.1) is 0 Å². The quantitative estimate of drug-likeness (QED) is 0.444. The average molecular weight is 431 g/mol. The van der Waals surface area contributed by atoms with E-state index >= 15 is 0 Å². The Hall–Kier alpha value is -3.89. The molecule has 0 saturated heterocycles. The Balaban J connectivity index is 1.43. The highest BCUT2D eigenvalue weighted by molar-refractivity contribution is 6.06. The first-order valence-electron chi connectivity index (χ1n) is 9.19. The van der Waals surface area contributed by atoms with E-state index in [9.17, 15) is 18.0 Å². The van der Waals surface area contributed by atoms with Gasteiger partial charge in [0.25, 0.3) is 11.6 Å². The zero-order valence-electron chi connectivity index (χ0n) is 16.2. The molecule has 0 aliphatic rings. The number of hydrogen-bond acceptors (Lipinski definition) is 7. The Labute approximate surface area is 173 Å². The fourth-order valence-electron chi connectivity index (χ4n) is 2.95. The molecule has 0 fully saturated rings. The number of rotatable bonds is 6. The predicted molar refractivity (Wildman–Crippen MR) is 104 cm³/mol. The van der Waals surface area contributed by atoms with Crippen LogP contribution in [0, 0.1) is 6.92 Å². The number of anilines is 1. The zero-order chi connectivity index (χ0) is 22.0. The van der Waals surface area contributed by atoms with Crippen LogP contribution in [0.5, 0.6) is 0 Å². The molecule has 1 amide bonds. The van der Waals surface area contributed by atoms with Crippen molar-refractivity contribution in [1.82, 2.24) is 20.4 Å². The molecule has 4 rings (SSSR count). The maximum absolute atomic E-state index is 12.8. The number of furan rings is 1. The van der Waals surface area contributed by atoms with Crippen LogP contribution >= 0.6 is 0 Å². The topological polar surface area (TPSA) is 106 Å². The third-order valence-corrected chi connectivity index (χ3v) is 4.44. The first-order valence-corrected chi connectivity index (χ1v) is 9.19. The molecular formula is C20H16F3N5O3. The maximum Gasteiger partial charge on any atom is 0.417 e. The van der Waals surface area contributed by atoms with Crippen LogP contribution in [0.3, 0.4) is 0 Å². The standard InChI is InChI=1S/C20H16F3N5O3/c1-11-17-13(9-14(15-3-2-8-30-15)27-19(17)31-28-11)18(29)25-7-6-24-16-5-4-12(10-26-16)20(21,22)23/h2-5,8-10H,6-7H2,1H3,(H,24,26)(H,25,29). The highest BCUT2D eigenvalue weighted by Gasteiger charge is 2.30. The molecule has 4 heterocycles. The summed E-state index contributed by atoms with van der Waals surface area (Å²) in [7, 11) is 0. The molecule has 0 aromatic carbocycles. The van der Waals surface area contributed by atoms with Gasteiger partial charge in [-0.2, -0.15) is 13.2 Å². The lowest BCUT2D eigenvalue weighted by Crippen LogP contribution is -2.29. The third kappa shape index (κ3) is 4.34. The van der Waals surface area contributed by atoms with Gasteiger partial charge in [-0.05, 0) is 37.3 Å². The molecule has 0 bridgehead atoms. The number of alkyl halides is 3. The molecule has 11 heteroatoms. The van der Waals surface area contributed by atoms with Gasteiger partial charge in [-0.1, -0.05) is 5.16 Å². The summed E-state index contributed by atoms with van der Waals surface area (Å²) >= 11 is 0. The number of halogens is 3. The smallest absolute Gasteiger partial charge is 0.417 e. The lowest BCUT2D eigenvalue weighted by molar-refractivity contribution is -0.137. The summed E-state index contributed by atoms with van der Waals surface area (Å²) in [5.41, 5.74) is 0.646. The van der Waals surface area contributed by atoms with E-state index in [2.05, 4.69) is 25.8 Å². The number of fused-ring (bicyclic) bond motifs is 1. The molecule has 0 atom stereocenters. The highest BCUT2D eigenvalue weighted by Crippen LogP contribution is 2.29. The molecule has 0 aliphatic heterocycles. The van der Waals surface area contributed by atoms with Crippen molar-refractivity contribution in [1.29, 1.82) is 0 Å². The number of pyridine rings is 2. The van der Waals surface area contributed by atoms with Crippen molar-refractivity contribution in [2.45, 2.75) is 13.1 Å². The number of aromatic nitrogens is 3. The summed E-state index contributed by atoms with van der Waals surface area (Å²) in [6.07, 6.45) is -2.20. The Morgan fingerprint density at radius 1 is 1.19 bits per heavy atom. The van der Waals surface area contributed by atoms with E-state index in [0.717, 1.165) is 12.3 Å².